The van der Waals surface area contributed by atoms with E-state index in [-0.39, 0.29) is 23.6 Å². The number of oxazole rings is 1. The molecule has 1 aliphatic heterocycles. The first-order valence-electron chi connectivity index (χ1n) is 10.1. The minimum atomic E-state index is -4.92. The summed E-state index contributed by atoms with van der Waals surface area (Å²) in [6, 6.07) is 7.84. The lowest BCUT2D eigenvalue weighted by atomic mass is 10.2. The zero-order chi connectivity index (χ0) is 24.3. The van der Waals surface area contributed by atoms with Gasteiger partial charge in [0.2, 0.25) is 17.6 Å². The number of anilines is 2. The number of halogens is 3. The van der Waals surface area contributed by atoms with Crippen molar-refractivity contribution in [2.75, 3.05) is 30.8 Å². The van der Waals surface area contributed by atoms with Crippen molar-refractivity contribution in [2.24, 2.45) is 0 Å². The molecule has 0 saturated carbocycles. The van der Waals surface area contributed by atoms with Crippen molar-refractivity contribution in [1.29, 1.82) is 0 Å². The number of rotatable bonds is 5. The van der Waals surface area contributed by atoms with Gasteiger partial charge in [-0.3, -0.25) is 4.79 Å². The van der Waals surface area contributed by atoms with Gasteiger partial charge in [0.05, 0.1) is 25.2 Å². The van der Waals surface area contributed by atoms with Crippen LogP contribution in [0.3, 0.4) is 0 Å². The van der Waals surface area contributed by atoms with E-state index in [0.29, 0.717) is 25.1 Å². The van der Waals surface area contributed by atoms with Crippen LogP contribution in [0.1, 0.15) is 22.7 Å². The summed E-state index contributed by atoms with van der Waals surface area (Å²) in [7, 11) is 1.30. The Kier molecular flexibility index (Phi) is 6.34. The van der Waals surface area contributed by atoms with Crippen LogP contribution in [-0.2, 0) is 10.9 Å². The van der Waals surface area contributed by atoms with Crippen molar-refractivity contribution >= 4 is 23.6 Å². The largest absolute Gasteiger partial charge is 0.453 e. The van der Waals surface area contributed by atoms with Crippen molar-refractivity contribution in [3.05, 3.63) is 54.2 Å². The second kappa shape index (κ2) is 9.37. The SMILES string of the molecule is COC(=O)N1CC[C@H](Nc2ncc(NC(=O)c3nc(-c4ccccc4)oc3C(F)(F)F)cn2)C1. The Labute approximate surface area is 191 Å². The first-order valence-corrected chi connectivity index (χ1v) is 10.1. The van der Waals surface area contributed by atoms with Crippen LogP contribution in [0.2, 0.25) is 0 Å². The molecule has 34 heavy (non-hydrogen) atoms. The van der Waals surface area contributed by atoms with E-state index in [4.69, 9.17) is 4.42 Å². The molecule has 3 aromatic rings. The van der Waals surface area contributed by atoms with Crippen LogP contribution < -0.4 is 10.6 Å². The minimum absolute atomic E-state index is 0.0653. The zero-order valence-corrected chi connectivity index (χ0v) is 17.8. The van der Waals surface area contributed by atoms with E-state index >= 15 is 0 Å². The van der Waals surface area contributed by atoms with E-state index in [0.717, 1.165) is 0 Å². The molecular weight excluding hydrogens is 457 g/mol. The number of benzene rings is 1. The Hall–Kier alpha value is -4.16. The predicted molar refractivity (Wildman–Crippen MR) is 113 cm³/mol. The third-order valence-corrected chi connectivity index (χ3v) is 4.98. The number of amides is 2. The van der Waals surface area contributed by atoms with Crippen LogP contribution in [0.25, 0.3) is 11.5 Å². The van der Waals surface area contributed by atoms with Gasteiger partial charge in [0, 0.05) is 24.7 Å². The molecule has 1 aromatic carbocycles. The molecule has 178 valence electrons. The van der Waals surface area contributed by atoms with Crippen LogP contribution in [0.15, 0.2) is 47.1 Å². The Balaban J connectivity index is 1.45. The molecule has 0 unspecified atom stereocenters. The van der Waals surface area contributed by atoms with E-state index in [1.54, 1.807) is 18.2 Å². The van der Waals surface area contributed by atoms with Gasteiger partial charge in [0.25, 0.3) is 5.91 Å². The summed E-state index contributed by atoms with van der Waals surface area (Å²) in [6.07, 6.45) is -2.20. The minimum Gasteiger partial charge on any atom is -0.453 e. The number of likely N-dealkylation sites (tertiary alicyclic amines) is 1. The molecule has 13 heteroatoms. The summed E-state index contributed by atoms with van der Waals surface area (Å²) in [5.41, 5.74) is -0.540. The van der Waals surface area contributed by atoms with Crippen molar-refractivity contribution < 1.29 is 31.9 Å². The molecule has 2 aromatic heterocycles. The first-order chi connectivity index (χ1) is 16.2. The molecule has 1 saturated heterocycles. The average Bonchev–Trinajstić information content (AvgIpc) is 3.48. The molecule has 1 aliphatic rings. The van der Waals surface area contributed by atoms with Gasteiger partial charge >= 0.3 is 12.3 Å². The van der Waals surface area contributed by atoms with Crippen molar-refractivity contribution in [3.63, 3.8) is 0 Å². The van der Waals surface area contributed by atoms with Gasteiger partial charge in [-0.05, 0) is 18.6 Å². The van der Waals surface area contributed by atoms with Crippen molar-refractivity contribution in [2.45, 2.75) is 18.6 Å². The van der Waals surface area contributed by atoms with E-state index in [2.05, 4.69) is 30.3 Å². The molecule has 3 heterocycles. The molecule has 1 fully saturated rings. The highest BCUT2D eigenvalue weighted by molar-refractivity contribution is 6.03. The molecule has 2 amide bonds. The molecule has 10 nitrogen and oxygen atoms in total. The van der Waals surface area contributed by atoms with E-state index in [1.807, 2.05) is 0 Å². The van der Waals surface area contributed by atoms with E-state index in [1.165, 1.54) is 36.5 Å². The summed E-state index contributed by atoms with van der Waals surface area (Å²) >= 11 is 0. The predicted octanol–water partition coefficient (Wildman–Crippen LogP) is 3.66. The van der Waals surface area contributed by atoms with Gasteiger partial charge in [0.15, 0.2) is 5.69 Å². The zero-order valence-electron chi connectivity index (χ0n) is 17.8. The Morgan fingerprint density at radius 3 is 2.53 bits per heavy atom. The van der Waals surface area contributed by atoms with Crippen LogP contribution in [0.4, 0.5) is 29.6 Å². The fraction of sp³-hybridized carbons (Fsp3) is 0.286. The van der Waals surface area contributed by atoms with Crippen molar-refractivity contribution in [1.82, 2.24) is 19.9 Å². The first kappa shape index (κ1) is 23.0. The number of nitrogens with zero attached hydrogens (tertiary/aromatic N) is 4. The molecule has 2 N–H and O–H groups in total. The number of hydrogen-bond donors (Lipinski definition) is 2. The number of carbonyl (C=O) groups is 2. The van der Waals surface area contributed by atoms with E-state index < -0.39 is 29.6 Å². The number of methoxy groups -OCH3 is 1. The fourth-order valence-electron chi connectivity index (χ4n) is 3.38. The summed E-state index contributed by atoms with van der Waals surface area (Å²) in [5, 5.41) is 5.35. The highest BCUT2D eigenvalue weighted by Crippen LogP contribution is 2.35. The lowest BCUT2D eigenvalue weighted by molar-refractivity contribution is -0.153. The quantitative estimate of drug-likeness (QED) is 0.572. The van der Waals surface area contributed by atoms with Crippen LogP contribution in [-0.4, -0.2) is 58.1 Å². The molecule has 1 atom stereocenters. The van der Waals surface area contributed by atoms with Crippen LogP contribution >= 0.6 is 0 Å². The number of alkyl halides is 3. The smallest absolute Gasteiger partial charge is 0.452 e. The standard InChI is InChI=1S/C21H19F3N6O4/c1-33-20(32)30-8-7-13(11-30)28-19-25-9-14(10-26-19)27-17(31)15-16(21(22,23)24)34-18(29-15)12-5-3-2-4-6-12/h2-6,9-10,13H,7-8,11H2,1H3,(H,27,31)(H,25,26,28)/t13-/m0/s1. The summed E-state index contributed by atoms with van der Waals surface area (Å²) in [5.74, 6) is -2.71. The Morgan fingerprint density at radius 2 is 1.88 bits per heavy atom. The van der Waals surface area contributed by atoms with E-state index in [9.17, 15) is 22.8 Å². The monoisotopic (exact) mass is 476 g/mol. The maximum atomic E-state index is 13.4. The summed E-state index contributed by atoms with van der Waals surface area (Å²) in [6.45, 7) is 0.924. The highest BCUT2D eigenvalue weighted by atomic mass is 19.4. The van der Waals surface area contributed by atoms with Crippen LogP contribution in [0, 0.1) is 0 Å². The maximum absolute atomic E-state index is 13.4. The maximum Gasteiger partial charge on any atom is 0.452 e. The molecule has 0 aliphatic carbocycles. The van der Waals surface area contributed by atoms with Gasteiger partial charge in [0.1, 0.15) is 0 Å². The molecule has 0 radical (unpaired) electrons. The van der Waals surface area contributed by atoms with Crippen molar-refractivity contribution in [3.8, 4) is 11.5 Å². The normalized spacial score (nSPS) is 15.8. The lowest BCUT2D eigenvalue weighted by Gasteiger charge is -2.15. The van der Waals surface area contributed by atoms with Crippen LogP contribution in [0.5, 0.6) is 0 Å². The number of ether oxygens (including phenoxy) is 1. The number of carbonyl (C=O) groups excluding carboxylic acids is 2. The summed E-state index contributed by atoms with van der Waals surface area (Å²) < 4.78 is 49.9. The third-order valence-electron chi connectivity index (χ3n) is 4.98. The molecule has 0 spiro atoms. The molecule has 0 bridgehead atoms. The van der Waals surface area contributed by atoms with Gasteiger partial charge in [-0.1, -0.05) is 18.2 Å². The average molecular weight is 476 g/mol. The topological polar surface area (TPSA) is 122 Å². The number of aromatic nitrogens is 3. The summed E-state index contributed by atoms with van der Waals surface area (Å²) in [4.78, 5) is 37.6. The lowest BCUT2D eigenvalue weighted by Crippen LogP contribution is -2.31. The van der Waals surface area contributed by atoms with Gasteiger partial charge in [-0.15, -0.1) is 0 Å². The number of nitrogens with one attached hydrogen (secondary N) is 2. The second-order valence-electron chi connectivity index (χ2n) is 7.36. The highest BCUT2D eigenvalue weighted by Gasteiger charge is 2.42. The van der Waals surface area contributed by atoms with Gasteiger partial charge < -0.3 is 24.7 Å². The second-order valence-corrected chi connectivity index (χ2v) is 7.36. The number of hydrogen-bond acceptors (Lipinski definition) is 8. The molecular formula is C21H19F3N6O4. The van der Waals surface area contributed by atoms with Gasteiger partial charge in [-0.2, -0.15) is 13.2 Å². The molecule has 4 rings (SSSR count). The van der Waals surface area contributed by atoms with Gasteiger partial charge in [-0.25, -0.2) is 19.7 Å². The fourth-order valence-corrected chi connectivity index (χ4v) is 3.38. The third kappa shape index (κ3) is 5.08. The Morgan fingerprint density at radius 1 is 1.18 bits per heavy atom. The Bertz CT molecular complexity index is 1170.